The molecule has 0 aliphatic carbocycles. The Morgan fingerprint density at radius 2 is 1.96 bits per heavy atom. The van der Waals surface area contributed by atoms with Crippen LogP contribution in [0, 0.1) is 12.7 Å². The van der Waals surface area contributed by atoms with Gasteiger partial charge in [-0.25, -0.2) is 4.39 Å². The largest absolute Gasteiger partial charge is 0.489 e. The molecule has 132 valence electrons. The molecule has 1 aromatic carbocycles. The van der Waals surface area contributed by atoms with Gasteiger partial charge in [-0.2, -0.15) is 0 Å². The van der Waals surface area contributed by atoms with E-state index in [9.17, 15) is 9.18 Å². The number of aromatic nitrogens is 1. The summed E-state index contributed by atoms with van der Waals surface area (Å²) in [5.74, 6) is 1.01. The number of likely N-dealkylation sites (tertiary alicyclic amines) is 1. The van der Waals surface area contributed by atoms with Crippen molar-refractivity contribution in [2.24, 2.45) is 0 Å². The lowest BCUT2D eigenvalue weighted by Gasteiger charge is -2.32. The van der Waals surface area contributed by atoms with Gasteiger partial charge in [-0.15, -0.1) is 11.8 Å². The lowest BCUT2D eigenvalue weighted by atomic mass is 10.1. The fourth-order valence-electron chi connectivity index (χ4n) is 2.71. The van der Waals surface area contributed by atoms with Crippen LogP contribution in [0.3, 0.4) is 0 Å². The normalized spacial score (nSPS) is 15.2. The van der Waals surface area contributed by atoms with Crippen LogP contribution < -0.4 is 4.74 Å². The number of pyridine rings is 1. The van der Waals surface area contributed by atoms with Gasteiger partial charge in [0, 0.05) is 36.5 Å². The Morgan fingerprint density at radius 1 is 1.24 bits per heavy atom. The standard InChI is InChI=1S/C19H21FN2O2S/c1-14-2-5-17(12-21-14)24-16-8-10-22(11-9-16)19(23)13-25-18-6-3-15(20)4-7-18/h2-7,12,16H,8-11,13H2,1H3. The molecular formula is C19H21FN2O2S. The number of piperidine rings is 1. The molecule has 1 saturated heterocycles. The van der Waals surface area contributed by atoms with Crippen LogP contribution in [0.4, 0.5) is 4.39 Å². The number of nitrogens with zero attached hydrogens (tertiary/aromatic N) is 2. The summed E-state index contributed by atoms with van der Waals surface area (Å²) in [6.45, 7) is 3.34. The third-order valence-electron chi connectivity index (χ3n) is 4.16. The summed E-state index contributed by atoms with van der Waals surface area (Å²) in [6, 6.07) is 10.1. The summed E-state index contributed by atoms with van der Waals surface area (Å²) in [5.41, 5.74) is 0.964. The van der Waals surface area contributed by atoms with Crippen molar-refractivity contribution in [2.75, 3.05) is 18.8 Å². The molecule has 1 aliphatic rings. The molecule has 0 radical (unpaired) electrons. The number of rotatable bonds is 5. The van der Waals surface area contributed by atoms with Gasteiger partial charge in [0.25, 0.3) is 0 Å². The van der Waals surface area contributed by atoms with Crippen molar-refractivity contribution in [2.45, 2.75) is 30.8 Å². The quantitative estimate of drug-likeness (QED) is 0.763. The minimum atomic E-state index is -0.262. The molecule has 1 aromatic heterocycles. The average Bonchev–Trinajstić information content (AvgIpc) is 2.63. The first-order chi connectivity index (χ1) is 12.1. The molecule has 1 amide bonds. The van der Waals surface area contributed by atoms with Crippen LogP contribution in [0.2, 0.25) is 0 Å². The number of thioether (sulfide) groups is 1. The highest BCUT2D eigenvalue weighted by molar-refractivity contribution is 8.00. The number of benzene rings is 1. The number of amides is 1. The molecule has 2 aromatic rings. The van der Waals surface area contributed by atoms with E-state index >= 15 is 0 Å². The number of aryl methyl sites for hydroxylation is 1. The lowest BCUT2D eigenvalue weighted by Crippen LogP contribution is -2.42. The van der Waals surface area contributed by atoms with Gasteiger partial charge in [0.2, 0.25) is 5.91 Å². The van der Waals surface area contributed by atoms with Gasteiger partial charge in [0.05, 0.1) is 11.9 Å². The van der Waals surface area contributed by atoms with Gasteiger partial charge < -0.3 is 9.64 Å². The second-order valence-electron chi connectivity index (χ2n) is 6.08. The Labute approximate surface area is 151 Å². The van der Waals surface area contributed by atoms with Crippen LogP contribution in [-0.4, -0.2) is 40.7 Å². The first-order valence-corrected chi connectivity index (χ1v) is 9.34. The van der Waals surface area contributed by atoms with Crippen molar-refractivity contribution in [3.8, 4) is 5.75 Å². The van der Waals surface area contributed by atoms with Crippen LogP contribution in [0.5, 0.6) is 5.75 Å². The number of carbonyl (C=O) groups is 1. The Bertz CT molecular complexity index is 698. The molecule has 0 saturated carbocycles. The number of hydrogen-bond donors (Lipinski definition) is 0. The van der Waals surface area contributed by atoms with Crippen molar-refractivity contribution in [1.82, 2.24) is 9.88 Å². The fourth-order valence-corrected chi connectivity index (χ4v) is 3.51. The Morgan fingerprint density at radius 3 is 2.60 bits per heavy atom. The number of halogens is 1. The zero-order valence-electron chi connectivity index (χ0n) is 14.2. The summed E-state index contributed by atoms with van der Waals surface area (Å²) >= 11 is 1.44. The first-order valence-electron chi connectivity index (χ1n) is 8.35. The first kappa shape index (κ1) is 17.7. The van der Waals surface area contributed by atoms with Crippen LogP contribution in [0.15, 0.2) is 47.5 Å². The Kier molecular flexibility index (Phi) is 5.91. The maximum atomic E-state index is 12.9. The third kappa shape index (κ3) is 5.19. The molecule has 1 aliphatic heterocycles. The molecule has 0 N–H and O–H groups in total. The summed E-state index contributed by atoms with van der Waals surface area (Å²) in [6.07, 6.45) is 3.51. The summed E-state index contributed by atoms with van der Waals surface area (Å²) in [5, 5.41) is 0. The summed E-state index contributed by atoms with van der Waals surface area (Å²) < 4.78 is 18.8. The second-order valence-corrected chi connectivity index (χ2v) is 7.12. The predicted octanol–water partition coefficient (Wildman–Crippen LogP) is 3.69. The van der Waals surface area contributed by atoms with Crippen molar-refractivity contribution in [3.63, 3.8) is 0 Å². The fraction of sp³-hybridized carbons (Fsp3) is 0.368. The topological polar surface area (TPSA) is 42.4 Å². The molecule has 0 bridgehead atoms. The highest BCUT2D eigenvalue weighted by atomic mass is 32.2. The molecule has 0 unspecified atom stereocenters. The molecule has 3 rings (SSSR count). The van der Waals surface area contributed by atoms with Gasteiger partial charge >= 0.3 is 0 Å². The maximum absolute atomic E-state index is 12.9. The van der Waals surface area contributed by atoms with E-state index in [1.807, 2.05) is 24.0 Å². The van der Waals surface area contributed by atoms with Crippen molar-refractivity contribution < 1.29 is 13.9 Å². The van der Waals surface area contributed by atoms with Gasteiger partial charge in [0.15, 0.2) is 0 Å². The minimum Gasteiger partial charge on any atom is -0.489 e. The summed E-state index contributed by atoms with van der Waals surface area (Å²) in [4.78, 5) is 19.3. The van der Waals surface area contributed by atoms with Gasteiger partial charge in [-0.05, 0) is 43.3 Å². The minimum absolute atomic E-state index is 0.116. The predicted molar refractivity (Wildman–Crippen MR) is 96.3 cm³/mol. The van der Waals surface area contributed by atoms with E-state index in [0.29, 0.717) is 18.8 Å². The van der Waals surface area contributed by atoms with E-state index in [1.54, 1.807) is 18.3 Å². The summed E-state index contributed by atoms with van der Waals surface area (Å²) in [7, 11) is 0. The van der Waals surface area contributed by atoms with Gasteiger partial charge in [-0.1, -0.05) is 0 Å². The van der Waals surface area contributed by atoms with Crippen LogP contribution in [0.1, 0.15) is 18.5 Å². The van der Waals surface area contributed by atoms with E-state index in [-0.39, 0.29) is 17.8 Å². The number of carbonyl (C=O) groups excluding carboxylic acids is 1. The molecule has 2 heterocycles. The maximum Gasteiger partial charge on any atom is 0.232 e. The van der Waals surface area contributed by atoms with Crippen molar-refractivity contribution in [3.05, 3.63) is 54.1 Å². The van der Waals surface area contributed by atoms with Crippen molar-refractivity contribution >= 4 is 17.7 Å². The Hall–Kier alpha value is -2.08. The van der Waals surface area contributed by atoms with Gasteiger partial charge in [0.1, 0.15) is 17.7 Å². The third-order valence-corrected chi connectivity index (χ3v) is 5.15. The van der Waals surface area contributed by atoms with E-state index in [1.165, 1.54) is 23.9 Å². The zero-order chi connectivity index (χ0) is 17.6. The highest BCUT2D eigenvalue weighted by Crippen LogP contribution is 2.21. The van der Waals surface area contributed by atoms with Crippen LogP contribution in [-0.2, 0) is 4.79 Å². The number of hydrogen-bond acceptors (Lipinski definition) is 4. The highest BCUT2D eigenvalue weighted by Gasteiger charge is 2.23. The smallest absolute Gasteiger partial charge is 0.232 e. The number of ether oxygens (including phenoxy) is 1. The van der Waals surface area contributed by atoms with Crippen molar-refractivity contribution in [1.29, 1.82) is 0 Å². The molecular weight excluding hydrogens is 339 g/mol. The zero-order valence-corrected chi connectivity index (χ0v) is 15.0. The van der Waals surface area contributed by atoms with Crippen LogP contribution in [0.25, 0.3) is 0 Å². The average molecular weight is 360 g/mol. The molecule has 4 nitrogen and oxygen atoms in total. The van der Waals surface area contributed by atoms with E-state index in [2.05, 4.69) is 4.98 Å². The Balaban J connectivity index is 1.42. The molecule has 0 atom stereocenters. The second kappa shape index (κ2) is 8.34. The SMILES string of the molecule is Cc1ccc(OC2CCN(C(=O)CSc3ccc(F)cc3)CC2)cn1. The van der Waals surface area contributed by atoms with E-state index in [0.717, 1.165) is 29.2 Å². The van der Waals surface area contributed by atoms with Gasteiger partial charge in [-0.3, -0.25) is 9.78 Å². The monoisotopic (exact) mass is 360 g/mol. The van der Waals surface area contributed by atoms with Crippen LogP contribution >= 0.6 is 11.8 Å². The molecule has 0 spiro atoms. The van der Waals surface area contributed by atoms with E-state index in [4.69, 9.17) is 4.74 Å². The molecule has 1 fully saturated rings. The van der Waals surface area contributed by atoms with E-state index < -0.39 is 0 Å². The molecule has 25 heavy (non-hydrogen) atoms. The molecule has 6 heteroatoms. The lowest BCUT2D eigenvalue weighted by molar-refractivity contribution is -0.130.